The normalized spacial score (nSPS) is 20.3. The lowest BCUT2D eigenvalue weighted by Gasteiger charge is -2.41. The Labute approximate surface area is 410 Å². The van der Waals surface area contributed by atoms with Gasteiger partial charge < -0.3 is 40.3 Å². The van der Waals surface area contributed by atoms with E-state index in [0.29, 0.717) is 19.3 Å². The topological polar surface area (TPSA) is 212 Å². The number of aliphatic hydroxyl groups is 5. The Kier molecular flexibility index (Phi) is 41.9. The van der Waals surface area contributed by atoms with E-state index in [2.05, 4.69) is 23.3 Å². The molecule has 0 radical (unpaired) electrons. The number of carbonyl (C=O) groups excluding carboxylic acids is 1. The van der Waals surface area contributed by atoms with E-state index in [4.69, 9.17) is 9.47 Å². The van der Waals surface area contributed by atoms with Gasteiger partial charge in [0.2, 0.25) is 5.91 Å². The van der Waals surface area contributed by atoms with Crippen LogP contribution < -0.4 is 5.32 Å². The largest absolute Gasteiger partial charge is 0.397 e. The highest BCUT2D eigenvalue weighted by Gasteiger charge is 2.48. The fourth-order valence-corrected chi connectivity index (χ4v) is 9.86. The summed E-state index contributed by atoms with van der Waals surface area (Å²) in [5.41, 5.74) is 0. The van der Waals surface area contributed by atoms with Gasteiger partial charge in [0.05, 0.1) is 25.4 Å². The molecule has 0 saturated carbocycles. The van der Waals surface area contributed by atoms with Gasteiger partial charge in [0.15, 0.2) is 6.29 Å². The van der Waals surface area contributed by atoms with Gasteiger partial charge in [0.25, 0.3) is 0 Å². The van der Waals surface area contributed by atoms with Gasteiger partial charge in [0.1, 0.15) is 30.5 Å². The Balaban J connectivity index is 2.43. The summed E-state index contributed by atoms with van der Waals surface area (Å²) >= 11 is 0. The van der Waals surface area contributed by atoms with Crippen molar-refractivity contribution in [1.29, 1.82) is 0 Å². The third kappa shape index (κ3) is 35.8. The van der Waals surface area contributed by atoms with E-state index in [0.717, 1.165) is 38.5 Å². The molecule has 8 unspecified atom stereocenters. The van der Waals surface area contributed by atoms with Crippen LogP contribution in [0.15, 0.2) is 0 Å². The van der Waals surface area contributed by atoms with Gasteiger partial charge in [-0.05, 0) is 12.8 Å². The predicted octanol–water partition coefficient (Wildman–Crippen LogP) is 11.5. The summed E-state index contributed by atoms with van der Waals surface area (Å²) in [5, 5.41) is 55.7. The van der Waals surface area contributed by atoms with Crippen LogP contribution in [0.25, 0.3) is 0 Å². The van der Waals surface area contributed by atoms with Crippen LogP contribution in [-0.2, 0) is 28.9 Å². The van der Waals surface area contributed by atoms with E-state index in [1.807, 2.05) is 0 Å². The molecule has 1 saturated heterocycles. The standard InChI is InChI=1S/C53H105NO12S/c1-3-5-7-9-11-13-15-17-19-21-23-25-27-29-31-33-35-37-39-41-46(56)45(44-64-53-50(59)51(66-67(61,62)63)49(58)48(43-55)65-53)54-52(60)47(57)42-40-38-36-34-32-30-28-26-24-22-20-18-16-14-12-10-8-6-4-2/h45-51,53,55-59H,3-44H2,1-2H3,(H,54,60)(H,61,62,63). The summed E-state index contributed by atoms with van der Waals surface area (Å²) in [6, 6.07) is -1.03. The third-order valence-electron chi connectivity index (χ3n) is 13.8. The maximum Gasteiger partial charge on any atom is 0.397 e. The second kappa shape index (κ2) is 43.8. The Hall–Kier alpha value is -0.940. The smallest absolute Gasteiger partial charge is 0.394 e. The van der Waals surface area contributed by atoms with Crippen LogP contribution in [0, 0.1) is 0 Å². The molecule has 0 bridgehead atoms. The number of rotatable bonds is 49. The molecule has 7 N–H and O–H groups in total. The number of amides is 1. The highest BCUT2D eigenvalue weighted by molar-refractivity contribution is 7.80. The summed E-state index contributed by atoms with van der Waals surface area (Å²) in [6.45, 7) is 3.33. The predicted molar refractivity (Wildman–Crippen MR) is 270 cm³/mol. The van der Waals surface area contributed by atoms with Crippen molar-refractivity contribution in [3.05, 3.63) is 0 Å². The highest BCUT2D eigenvalue weighted by atomic mass is 32.3. The van der Waals surface area contributed by atoms with E-state index >= 15 is 0 Å². The second-order valence-electron chi connectivity index (χ2n) is 20.0. The van der Waals surface area contributed by atoms with Gasteiger partial charge in [-0.2, -0.15) is 8.42 Å². The Morgan fingerprint density at radius 1 is 0.537 bits per heavy atom. The zero-order valence-electron chi connectivity index (χ0n) is 42.9. The molecule has 14 heteroatoms. The Morgan fingerprint density at radius 2 is 0.866 bits per heavy atom. The minimum atomic E-state index is -5.11. The molecule has 0 aliphatic carbocycles. The molecule has 1 aliphatic heterocycles. The van der Waals surface area contributed by atoms with Crippen molar-refractivity contribution in [3.8, 4) is 0 Å². The highest BCUT2D eigenvalue weighted by Crippen LogP contribution is 2.26. The number of carbonyl (C=O) groups is 1. The average molecular weight is 980 g/mol. The van der Waals surface area contributed by atoms with Crippen LogP contribution in [0.5, 0.6) is 0 Å². The van der Waals surface area contributed by atoms with Gasteiger partial charge in [-0.3, -0.25) is 9.35 Å². The summed E-state index contributed by atoms with van der Waals surface area (Å²) in [6.07, 6.45) is 37.0. The first kappa shape index (κ1) is 64.1. The van der Waals surface area contributed by atoms with E-state index in [1.54, 1.807) is 0 Å². The quantitative estimate of drug-likeness (QED) is 0.0224. The number of nitrogens with one attached hydrogen (secondary N) is 1. The van der Waals surface area contributed by atoms with Crippen molar-refractivity contribution in [1.82, 2.24) is 5.32 Å². The van der Waals surface area contributed by atoms with Crippen LogP contribution in [0.2, 0.25) is 0 Å². The van der Waals surface area contributed by atoms with Gasteiger partial charge in [0, 0.05) is 0 Å². The van der Waals surface area contributed by atoms with Crippen LogP contribution >= 0.6 is 0 Å². The van der Waals surface area contributed by atoms with Crippen molar-refractivity contribution < 1.29 is 57.0 Å². The lowest BCUT2D eigenvalue weighted by molar-refractivity contribution is -0.298. The first-order chi connectivity index (χ1) is 32.4. The maximum absolute atomic E-state index is 13.2. The summed E-state index contributed by atoms with van der Waals surface area (Å²) in [7, 11) is -5.11. The van der Waals surface area contributed by atoms with Crippen LogP contribution in [0.4, 0.5) is 0 Å². The van der Waals surface area contributed by atoms with Crippen LogP contribution in [0.1, 0.15) is 271 Å². The van der Waals surface area contributed by atoms with Gasteiger partial charge in [-0.25, -0.2) is 4.18 Å². The molecule has 1 fully saturated rings. The lowest BCUT2D eigenvalue weighted by Crippen LogP contribution is -2.61. The van der Waals surface area contributed by atoms with Crippen molar-refractivity contribution >= 4 is 16.3 Å². The van der Waals surface area contributed by atoms with Gasteiger partial charge in [-0.1, -0.05) is 258 Å². The minimum absolute atomic E-state index is 0.267. The van der Waals surface area contributed by atoms with Crippen molar-refractivity contribution in [2.45, 2.75) is 320 Å². The van der Waals surface area contributed by atoms with Crippen molar-refractivity contribution in [2.24, 2.45) is 0 Å². The lowest BCUT2D eigenvalue weighted by atomic mass is 9.99. The molecule has 0 aromatic heterocycles. The molecular weight excluding hydrogens is 875 g/mol. The zero-order chi connectivity index (χ0) is 49.2. The molecule has 400 valence electrons. The summed E-state index contributed by atoms with van der Waals surface area (Å²) < 4.78 is 47.8. The minimum Gasteiger partial charge on any atom is -0.394 e. The number of aliphatic hydroxyl groups excluding tert-OH is 5. The number of hydrogen-bond acceptors (Lipinski definition) is 11. The number of ether oxygens (including phenoxy) is 2. The van der Waals surface area contributed by atoms with Gasteiger partial charge >= 0.3 is 10.4 Å². The molecule has 1 aliphatic rings. The first-order valence-electron chi connectivity index (χ1n) is 28.0. The molecule has 0 spiro atoms. The van der Waals surface area contributed by atoms with E-state index in [-0.39, 0.29) is 6.42 Å². The molecule has 1 heterocycles. The molecule has 1 rings (SSSR count). The van der Waals surface area contributed by atoms with Crippen molar-refractivity contribution in [2.75, 3.05) is 13.2 Å². The van der Waals surface area contributed by atoms with E-state index in [1.165, 1.54) is 193 Å². The fourth-order valence-electron chi connectivity index (χ4n) is 9.35. The third-order valence-corrected chi connectivity index (χ3v) is 14.2. The maximum atomic E-state index is 13.2. The molecule has 1 amide bonds. The SMILES string of the molecule is CCCCCCCCCCCCCCCCCCCCCC(O)C(=O)NC(COC1OC(CO)C(O)C(OS(=O)(=O)O)C1O)C(O)CCCCCCCCCCCCCCCCCCCCC. The monoisotopic (exact) mass is 980 g/mol. The average Bonchev–Trinajstić information content (AvgIpc) is 3.30. The molecule has 67 heavy (non-hydrogen) atoms. The van der Waals surface area contributed by atoms with E-state index in [9.17, 15) is 43.3 Å². The Morgan fingerprint density at radius 3 is 1.19 bits per heavy atom. The van der Waals surface area contributed by atoms with Crippen LogP contribution in [0.3, 0.4) is 0 Å². The fraction of sp³-hybridized carbons (Fsp3) is 0.981. The van der Waals surface area contributed by atoms with E-state index < -0.39 is 78.5 Å². The number of hydrogen-bond donors (Lipinski definition) is 7. The first-order valence-corrected chi connectivity index (χ1v) is 29.4. The molecule has 13 nitrogen and oxygen atoms in total. The molecule has 0 aromatic rings. The zero-order valence-corrected chi connectivity index (χ0v) is 43.7. The summed E-state index contributed by atoms with van der Waals surface area (Å²) in [5.74, 6) is -0.662. The second-order valence-corrected chi connectivity index (χ2v) is 21.1. The molecule has 8 atom stereocenters. The molecular formula is C53H105NO12S. The molecule has 0 aromatic carbocycles. The van der Waals surface area contributed by atoms with Crippen LogP contribution in [-0.4, -0.2) is 107 Å². The Bertz CT molecular complexity index is 1210. The van der Waals surface area contributed by atoms with Gasteiger partial charge in [-0.15, -0.1) is 0 Å². The van der Waals surface area contributed by atoms with Crippen molar-refractivity contribution in [3.63, 3.8) is 0 Å². The summed E-state index contributed by atoms with van der Waals surface area (Å²) in [4.78, 5) is 13.2. The number of unbranched alkanes of at least 4 members (excludes halogenated alkanes) is 36.